The predicted molar refractivity (Wildman–Crippen MR) is 99.9 cm³/mol. The molecule has 0 amide bonds. The highest BCUT2D eigenvalue weighted by atomic mass is 16.6. The molecule has 9 heteroatoms. The molecule has 2 aromatic rings. The Morgan fingerprint density at radius 2 is 1.77 bits per heavy atom. The van der Waals surface area contributed by atoms with Gasteiger partial charge >= 0.3 is 5.69 Å². The van der Waals surface area contributed by atoms with Crippen LogP contribution < -0.4 is 10.7 Å². The average molecular weight is 357 g/mol. The van der Waals surface area contributed by atoms with Crippen LogP contribution in [0.1, 0.15) is 11.1 Å². The first kappa shape index (κ1) is 18.0. The molecule has 0 atom stereocenters. The van der Waals surface area contributed by atoms with Crippen LogP contribution in [-0.2, 0) is 6.54 Å². The van der Waals surface area contributed by atoms with Gasteiger partial charge in [-0.2, -0.15) is 0 Å². The highest BCUT2D eigenvalue weighted by molar-refractivity contribution is 5.69. The Balaban J connectivity index is 1.75. The van der Waals surface area contributed by atoms with E-state index in [9.17, 15) is 10.1 Å². The zero-order valence-electron chi connectivity index (χ0n) is 15.0. The highest BCUT2D eigenvalue weighted by Gasteiger charge is 2.25. The summed E-state index contributed by atoms with van der Waals surface area (Å²) in [5, 5.41) is 16.6. The lowest BCUT2D eigenvalue weighted by Gasteiger charge is -2.32. The molecular formula is C17H23N7O2. The number of hydrogen-bond donors (Lipinski definition) is 2. The molecular weight excluding hydrogens is 334 g/mol. The van der Waals surface area contributed by atoms with Crippen molar-refractivity contribution in [1.29, 1.82) is 0 Å². The van der Waals surface area contributed by atoms with Gasteiger partial charge in [0.1, 0.15) is 6.33 Å². The standard InChI is InChI=1S/C17H23N7O2/c1-13-3-5-14(6-4-13)11-18-16-15(24(25)26)17(20-12-19-16)21-23-9-7-22(2)8-10-23/h3-6,12H,7-11H2,1-2H3,(H2,18,19,20,21). The van der Waals surface area contributed by atoms with E-state index >= 15 is 0 Å². The van der Waals surface area contributed by atoms with Crippen LogP contribution in [0.15, 0.2) is 30.6 Å². The lowest BCUT2D eigenvalue weighted by Crippen LogP contribution is -2.47. The van der Waals surface area contributed by atoms with Crippen LogP contribution >= 0.6 is 0 Å². The fraction of sp³-hybridized carbons (Fsp3) is 0.412. The molecule has 1 aromatic carbocycles. The fourth-order valence-electron chi connectivity index (χ4n) is 2.72. The Morgan fingerprint density at radius 3 is 2.42 bits per heavy atom. The molecule has 0 saturated carbocycles. The van der Waals surface area contributed by atoms with Crippen molar-refractivity contribution in [3.63, 3.8) is 0 Å². The van der Waals surface area contributed by atoms with Gasteiger partial charge in [0.05, 0.1) is 4.92 Å². The van der Waals surface area contributed by atoms with E-state index in [1.54, 1.807) is 0 Å². The van der Waals surface area contributed by atoms with E-state index in [4.69, 9.17) is 0 Å². The minimum absolute atomic E-state index is 0.140. The van der Waals surface area contributed by atoms with Crippen molar-refractivity contribution < 1.29 is 4.92 Å². The maximum atomic E-state index is 11.6. The molecule has 1 aliphatic rings. The first-order valence-electron chi connectivity index (χ1n) is 8.52. The number of piperazine rings is 1. The molecule has 1 aliphatic heterocycles. The first-order chi connectivity index (χ1) is 12.5. The summed E-state index contributed by atoms with van der Waals surface area (Å²) in [5.41, 5.74) is 5.12. The van der Waals surface area contributed by atoms with Gasteiger partial charge in [0, 0.05) is 32.7 Å². The number of likely N-dealkylation sites (N-methyl/N-ethyl adjacent to an activating group) is 1. The summed E-state index contributed by atoms with van der Waals surface area (Å²) in [6.07, 6.45) is 1.34. The van der Waals surface area contributed by atoms with Gasteiger partial charge in [-0.3, -0.25) is 15.5 Å². The normalized spacial score (nSPS) is 15.6. The second kappa shape index (κ2) is 8.07. The quantitative estimate of drug-likeness (QED) is 0.597. The van der Waals surface area contributed by atoms with Crippen LogP contribution in [0.5, 0.6) is 0 Å². The third-order valence-corrected chi connectivity index (χ3v) is 4.35. The summed E-state index contributed by atoms with van der Waals surface area (Å²) in [6.45, 7) is 5.79. The summed E-state index contributed by atoms with van der Waals surface area (Å²) in [4.78, 5) is 21.5. The number of nitrogens with one attached hydrogen (secondary N) is 2. The minimum Gasteiger partial charge on any atom is -0.360 e. The van der Waals surface area contributed by atoms with Gasteiger partial charge in [-0.25, -0.2) is 15.0 Å². The fourth-order valence-corrected chi connectivity index (χ4v) is 2.72. The number of aromatic nitrogens is 2. The average Bonchev–Trinajstić information content (AvgIpc) is 2.63. The first-order valence-corrected chi connectivity index (χ1v) is 8.52. The number of hydrazine groups is 1. The number of aryl methyl sites for hydroxylation is 1. The Bertz CT molecular complexity index is 758. The van der Waals surface area contributed by atoms with Gasteiger partial charge in [0.25, 0.3) is 0 Å². The third kappa shape index (κ3) is 4.44. The molecule has 0 bridgehead atoms. The van der Waals surface area contributed by atoms with Crippen LogP contribution in [0.25, 0.3) is 0 Å². The topological polar surface area (TPSA) is 99.5 Å². The molecule has 0 aliphatic carbocycles. The molecule has 1 aromatic heterocycles. The number of rotatable bonds is 6. The zero-order valence-corrected chi connectivity index (χ0v) is 15.0. The van der Waals surface area contributed by atoms with Crippen molar-refractivity contribution in [2.24, 2.45) is 0 Å². The number of benzene rings is 1. The van der Waals surface area contributed by atoms with E-state index in [-0.39, 0.29) is 17.3 Å². The van der Waals surface area contributed by atoms with Crippen molar-refractivity contribution in [3.05, 3.63) is 51.8 Å². The molecule has 0 radical (unpaired) electrons. The highest BCUT2D eigenvalue weighted by Crippen LogP contribution is 2.29. The molecule has 138 valence electrons. The van der Waals surface area contributed by atoms with E-state index in [0.717, 1.165) is 31.7 Å². The van der Waals surface area contributed by atoms with E-state index in [1.165, 1.54) is 11.9 Å². The van der Waals surface area contributed by atoms with Gasteiger partial charge in [-0.1, -0.05) is 29.8 Å². The summed E-state index contributed by atoms with van der Waals surface area (Å²) in [6, 6.07) is 7.98. The van der Waals surface area contributed by atoms with Crippen molar-refractivity contribution in [2.75, 3.05) is 44.0 Å². The Labute approximate surface area is 152 Å². The van der Waals surface area contributed by atoms with Crippen molar-refractivity contribution in [1.82, 2.24) is 19.9 Å². The molecule has 2 heterocycles. The summed E-state index contributed by atoms with van der Waals surface area (Å²) in [7, 11) is 2.05. The lowest BCUT2D eigenvalue weighted by molar-refractivity contribution is -0.383. The molecule has 1 saturated heterocycles. The maximum absolute atomic E-state index is 11.6. The molecule has 0 spiro atoms. The van der Waals surface area contributed by atoms with E-state index in [2.05, 4.69) is 32.7 Å². The third-order valence-electron chi connectivity index (χ3n) is 4.35. The Kier molecular flexibility index (Phi) is 5.59. The minimum atomic E-state index is -0.449. The van der Waals surface area contributed by atoms with Crippen LogP contribution in [0, 0.1) is 17.0 Å². The maximum Gasteiger partial charge on any atom is 0.354 e. The van der Waals surface area contributed by atoms with Crippen LogP contribution in [0.2, 0.25) is 0 Å². The number of nitrogens with zero attached hydrogens (tertiary/aromatic N) is 5. The lowest BCUT2D eigenvalue weighted by atomic mass is 10.1. The molecule has 26 heavy (non-hydrogen) atoms. The summed E-state index contributed by atoms with van der Waals surface area (Å²) >= 11 is 0. The molecule has 1 fully saturated rings. The molecule has 9 nitrogen and oxygen atoms in total. The van der Waals surface area contributed by atoms with E-state index < -0.39 is 4.92 Å². The van der Waals surface area contributed by atoms with Gasteiger partial charge in [-0.15, -0.1) is 0 Å². The number of nitro groups is 1. The second-order valence-electron chi connectivity index (χ2n) is 6.42. The van der Waals surface area contributed by atoms with Gasteiger partial charge in [-0.05, 0) is 19.5 Å². The van der Waals surface area contributed by atoms with Crippen LogP contribution in [0.3, 0.4) is 0 Å². The number of anilines is 2. The van der Waals surface area contributed by atoms with Gasteiger partial charge in [0.2, 0.25) is 11.6 Å². The van der Waals surface area contributed by atoms with Gasteiger partial charge in [0.15, 0.2) is 0 Å². The monoisotopic (exact) mass is 357 g/mol. The Hall–Kier alpha value is -2.78. The van der Waals surface area contributed by atoms with E-state index in [0.29, 0.717) is 6.54 Å². The second-order valence-corrected chi connectivity index (χ2v) is 6.42. The summed E-state index contributed by atoms with van der Waals surface area (Å²) in [5.74, 6) is 0.420. The Morgan fingerprint density at radius 1 is 1.12 bits per heavy atom. The zero-order chi connectivity index (χ0) is 18.5. The number of hydrogen-bond acceptors (Lipinski definition) is 8. The molecule has 3 rings (SSSR count). The van der Waals surface area contributed by atoms with Crippen molar-refractivity contribution in [3.8, 4) is 0 Å². The molecule has 2 N–H and O–H groups in total. The van der Waals surface area contributed by atoms with E-state index in [1.807, 2.05) is 36.2 Å². The van der Waals surface area contributed by atoms with Crippen LogP contribution in [-0.4, -0.2) is 58.0 Å². The SMILES string of the molecule is Cc1ccc(CNc2ncnc(NN3CCN(C)CC3)c2[N+](=O)[O-])cc1. The smallest absolute Gasteiger partial charge is 0.354 e. The summed E-state index contributed by atoms with van der Waals surface area (Å²) < 4.78 is 0. The largest absolute Gasteiger partial charge is 0.360 e. The predicted octanol–water partition coefficient (Wildman–Crippen LogP) is 1.88. The van der Waals surface area contributed by atoms with Crippen molar-refractivity contribution >= 4 is 17.3 Å². The van der Waals surface area contributed by atoms with Crippen molar-refractivity contribution in [2.45, 2.75) is 13.5 Å². The van der Waals surface area contributed by atoms with Gasteiger partial charge < -0.3 is 10.2 Å². The molecule has 0 unspecified atom stereocenters. The van der Waals surface area contributed by atoms with Crippen LogP contribution in [0.4, 0.5) is 17.3 Å².